The molecular weight excluding hydrogens is 244 g/mol. The minimum Gasteiger partial charge on any atom is -0.271 e. The number of hydrogen-bond donors (Lipinski definition) is 2. The van der Waals surface area contributed by atoms with Crippen LogP contribution in [0.3, 0.4) is 0 Å². The minimum absolute atomic E-state index is 0.315. The molecule has 1 atom stereocenters. The lowest BCUT2D eigenvalue weighted by Crippen LogP contribution is -2.37. The van der Waals surface area contributed by atoms with Gasteiger partial charge in [0.05, 0.1) is 0 Å². The highest BCUT2D eigenvalue weighted by Crippen LogP contribution is 2.22. The first kappa shape index (κ1) is 13.6. The van der Waals surface area contributed by atoms with Gasteiger partial charge in [-0.2, -0.15) is 0 Å². The van der Waals surface area contributed by atoms with Crippen molar-refractivity contribution in [2.75, 3.05) is 0 Å². The molecule has 3 heteroatoms. The van der Waals surface area contributed by atoms with E-state index in [1.807, 2.05) is 12.1 Å². The molecule has 98 valence electrons. The number of allylic oxidation sites excluding steroid dienone is 1. The van der Waals surface area contributed by atoms with Crippen LogP contribution in [-0.4, -0.2) is 6.04 Å². The molecule has 18 heavy (non-hydrogen) atoms. The Bertz CT molecular complexity index is 397. The average molecular weight is 265 g/mol. The smallest absolute Gasteiger partial charge is 0.0406 e. The van der Waals surface area contributed by atoms with Gasteiger partial charge in [-0.15, -0.1) is 0 Å². The molecule has 2 nitrogen and oxygen atoms in total. The van der Waals surface area contributed by atoms with Gasteiger partial charge in [-0.05, 0) is 56.2 Å². The highest BCUT2D eigenvalue weighted by atomic mass is 35.5. The third-order valence-electron chi connectivity index (χ3n) is 3.52. The van der Waals surface area contributed by atoms with Gasteiger partial charge in [0.2, 0.25) is 0 Å². The molecular formula is C15H21ClN2. The second kappa shape index (κ2) is 6.93. The van der Waals surface area contributed by atoms with E-state index in [4.69, 9.17) is 17.4 Å². The van der Waals surface area contributed by atoms with Gasteiger partial charge in [0.15, 0.2) is 0 Å². The standard InChI is InChI=1S/C15H21ClN2/c16-14-8-6-13(7-9-14)11-15(18-17)10-12-4-2-1-3-5-12/h4,6-9,15,18H,1-3,5,10-11,17H2. The van der Waals surface area contributed by atoms with Crippen LogP contribution < -0.4 is 11.3 Å². The first-order chi connectivity index (χ1) is 8.78. The summed E-state index contributed by atoms with van der Waals surface area (Å²) in [5, 5.41) is 0.783. The Morgan fingerprint density at radius 3 is 2.56 bits per heavy atom. The number of hydrazine groups is 1. The molecule has 0 aliphatic heterocycles. The molecule has 1 aliphatic carbocycles. The van der Waals surface area contributed by atoms with E-state index >= 15 is 0 Å². The summed E-state index contributed by atoms with van der Waals surface area (Å²) in [5.41, 5.74) is 5.77. The lowest BCUT2D eigenvalue weighted by molar-refractivity contribution is 0.505. The molecule has 3 N–H and O–H groups in total. The van der Waals surface area contributed by atoms with E-state index in [2.05, 4.69) is 23.6 Å². The first-order valence-corrected chi connectivity index (χ1v) is 7.04. The van der Waals surface area contributed by atoms with Crippen molar-refractivity contribution in [1.82, 2.24) is 5.43 Å². The fourth-order valence-electron chi connectivity index (χ4n) is 2.50. The van der Waals surface area contributed by atoms with Crippen LogP contribution in [0.5, 0.6) is 0 Å². The molecule has 1 aliphatic rings. The maximum atomic E-state index is 5.89. The average Bonchev–Trinajstić information content (AvgIpc) is 2.41. The lowest BCUT2D eigenvalue weighted by atomic mass is 9.92. The van der Waals surface area contributed by atoms with Crippen molar-refractivity contribution in [3.05, 3.63) is 46.5 Å². The maximum absolute atomic E-state index is 5.89. The van der Waals surface area contributed by atoms with E-state index in [-0.39, 0.29) is 0 Å². The summed E-state index contributed by atoms with van der Waals surface area (Å²) in [5.74, 6) is 5.66. The van der Waals surface area contributed by atoms with E-state index in [9.17, 15) is 0 Å². The molecule has 0 bridgehead atoms. The van der Waals surface area contributed by atoms with Crippen LogP contribution in [0.2, 0.25) is 5.02 Å². The first-order valence-electron chi connectivity index (χ1n) is 6.66. The number of rotatable bonds is 5. The zero-order chi connectivity index (χ0) is 12.8. The highest BCUT2D eigenvalue weighted by molar-refractivity contribution is 6.30. The summed E-state index contributed by atoms with van der Waals surface area (Å²) in [6, 6.07) is 8.33. The van der Waals surface area contributed by atoms with Crippen molar-refractivity contribution in [2.24, 2.45) is 5.84 Å². The SMILES string of the molecule is NNC(CC1=CCCCC1)Cc1ccc(Cl)cc1. The Labute approximate surface area is 114 Å². The van der Waals surface area contributed by atoms with Crippen LogP contribution in [0.25, 0.3) is 0 Å². The fraction of sp³-hybridized carbons (Fsp3) is 0.467. The highest BCUT2D eigenvalue weighted by Gasteiger charge is 2.12. The van der Waals surface area contributed by atoms with Gasteiger partial charge in [-0.3, -0.25) is 11.3 Å². The van der Waals surface area contributed by atoms with E-state index in [1.54, 1.807) is 5.57 Å². The minimum atomic E-state index is 0.315. The Morgan fingerprint density at radius 2 is 1.94 bits per heavy atom. The van der Waals surface area contributed by atoms with Crippen molar-refractivity contribution in [3.8, 4) is 0 Å². The van der Waals surface area contributed by atoms with Gasteiger partial charge < -0.3 is 0 Å². The molecule has 0 amide bonds. The summed E-state index contributed by atoms with van der Waals surface area (Å²) in [6.07, 6.45) is 9.51. The van der Waals surface area contributed by atoms with Gasteiger partial charge in [-0.25, -0.2) is 0 Å². The van der Waals surface area contributed by atoms with Crippen LogP contribution in [0.1, 0.15) is 37.7 Å². The van der Waals surface area contributed by atoms with Crippen molar-refractivity contribution < 1.29 is 0 Å². The lowest BCUT2D eigenvalue weighted by Gasteiger charge is -2.20. The summed E-state index contributed by atoms with van der Waals surface area (Å²) in [4.78, 5) is 0. The molecule has 0 aromatic heterocycles. The monoisotopic (exact) mass is 264 g/mol. The van der Waals surface area contributed by atoms with Gasteiger partial charge >= 0.3 is 0 Å². The Balaban J connectivity index is 1.92. The van der Waals surface area contributed by atoms with Gasteiger partial charge in [0, 0.05) is 11.1 Å². The van der Waals surface area contributed by atoms with E-state index in [0.29, 0.717) is 6.04 Å². The topological polar surface area (TPSA) is 38.0 Å². The molecule has 2 rings (SSSR count). The van der Waals surface area contributed by atoms with Gasteiger partial charge in [0.1, 0.15) is 0 Å². The summed E-state index contributed by atoms with van der Waals surface area (Å²) in [6.45, 7) is 0. The largest absolute Gasteiger partial charge is 0.271 e. The number of halogens is 1. The molecule has 0 heterocycles. The predicted molar refractivity (Wildman–Crippen MR) is 77.4 cm³/mol. The van der Waals surface area contributed by atoms with Gasteiger partial charge in [0.25, 0.3) is 0 Å². The van der Waals surface area contributed by atoms with Gasteiger partial charge in [-0.1, -0.05) is 35.4 Å². The number of benzene rings is 1. The van der Waals surface area contributed by atoms with Crippen molar-refractivity contribution in [3.63, 3.8) is 0 Å². The molecule has 1 aromatic carbocycles. The van der Waals surface area contributed by atoms with E-state index in [0.717, 1.165) is 17.9 Å². The molecule has 0 fully saturated rings. The second-order valence-electron chi connectivity index (χ2n) is 5.01. The van der Waals surface area contributed by atoms with Crippen molar-refractivity contribution in [1.29, 1.82) is 0 Å². The maximum Gasteiger partial charge on any atom is 0.0406 e. The number of hydrogen-bond acceptors (Lipinski definition) is 2. The summed E-state index contributed by atoms with van der Waals surface area (Å²) < 4.78 is 0. The summed E-state index contributed by atoms with van der Waals surface area (Å²) in [7, 11) is 0. The van der Waals surface area contributed by atoms with Crippen LogP contribution in [0.4, 0.5) is 0 Å². The molecule has 1 aromatic rings. The quantitative estimate of drug-likeness (QED) is 0.484. The Kier molecular flexibility index (Phi) is 5.24. The van der Waals surface area contributed by atoms with E-state index in [1.165, 1.54) is 31.2 Å². The van der Waals surface area contributed by atoms with Crippen LogP contribution >= 0.6 is 11.6 Å². The number of nitrogens with one attached hydrogen (secondary N) is 1. The Hall–Kier alpha value is -0.830. The van der Waals surface area contributed by atoms with Crippen LogP contribution in [0, 0.1) is 0 Å². The zero-order valence-corrected chi connectivity index (χ0v) is 11.4. The number of nitrogens with two attached hydrogens (primary N) is 1. The molecule has 0 radical (unpaired) electrons. The van der Waals surface area contributed by atoms with Crippen molar-refractivity contribution >= 4 is 11.6 Å². The second-order valence-corrected chi connectivity index (χ2v) is 5.44. The molecule has 1 unspecified atom stereocenters. The van der Waals surface area contributed by atoms with E-state index < -0.39 is 0 Å². The van der Waals surface area contributed by atoms with Crippen LogP contribution in [0.15, 0.2) is 35.9 Å². The summed E-state index contributed by atoms with van der Waals surface area (Å²) >= 11 is 5.89. The zero-order valence-electron chi connectivity index (χ0n) is 10.7. The molecule has 0 spiro atoms. The fourth-order valence-corrected chi connectivity index (χ4v) is 2.63. The van der Waals surface area contributed by atoms with Crippen molar-refractivity contribution in [2.45, 2.75) is 44.6 Å². The molecule has 0 saturated carbocycles. The normalized spacial score (nSPS) is 17.3. The third-order valence-corrected chi connectivity index (χ3v) is 3.78. The molecule has 0 saturated heterocycles. The third kappa shape index (κ3) is 4.13. The predicted octanol–water partition coefficient (Wildman–Crippen LogP) is 3.60. The van der Waals surface area contributed by atoms with Crippen LogP contribution in [-0.2, 0) is 6.42 Å². The Morgan fingerprint density at radius 1 is 1.17 bits per heavy atom.